The SMILES string of the molecule is COC1=CCC(CC(=O)NCC(=O)N2C[C@H](OC(=O)N3Cc4cccc(F)c4C3)CC2C(N)=O)C=C1. The minimum Gasteiger partial charge on any atom is -0.497 e. The van der Waals surface area contributed by atoms with Crippen molar-refractivity contribution in [1.29, 1.82) is 0 Å². The van der Waals surface area contributed by atoms with Gasteiger partial charge in [0, 0.05) is 24.9 Å². The van der Waals surface area contributed by atoms with Gasteiger partial charge in [0.15, 0.2) is 0 Å². The van der Waals surface area contributed by atoms with Crippen molar-refractivity contribution >= 4 is 23.8 Å². The normalized spacial score (nSPS) is 22.6. The lowest BCUT2D eigenvalue weighted by Crippen LogP contribution is -2.47. The van der Waals surface area contributed by atoms with Crippen LogP contribution in [0.1, 0.15) is 30.4 Å². The van der Waals surface area contributed by atoms with E-state index in [0.29, 0.717) is 17.5 Å². The average molecular weight is 501 g/mol. The van der Waals surface area contributed by atoms with Crippen LogP contribution in [0, 0.1) is 11.7 Å². The predicted molar refractivity (Wildman–Crippen MR) is 125 cm³/mol. The van der Waals surface area contributed by atoms with Crippen LogP contribution in [0.5, 0.6) is 0 Å². The standard InChI is InChI=1S/C25H29FN4O6/c1-35-17-7-5-15(6-8-17)9-22(31)28-11-23(32)30-13-18(10-21(30)24(27)33)36-25(34)29-12-16-3-2-4-20(26)19(16)14-29/h2-5,7-8,15,18,21H,6,9-14H2,1H3,(H2,27,33)(H,28,31)/t15?,18-,21?/m1/s1. The highest BCUT2D eigenvalue weighted by Crippen LogP contribution is 2.27. The van der Waals surface area contributed by atoms with E-state index in [4.69, 9.17) is 15.2 Å². The molecule has 1 saturated heterocycles. The van der Waals surface area contributed by atoms with Crippen LogP contribution in [0.2, 0.25) is 0 Å². The molecule has 36 heavy (non-hydrogen) atoms. The number of methoxy groups -OCH3 is 1. The fourth-order valence-corrected chi connectivity index (χ4v) is 4.69. The van der Waals surface area contributed by atoms with Crippen molar-refractivity contribution in [3.05, 3.63) is 59.1 Å². The van der Waals surface area contributed by atoms with Gasteiger partial charge in [0.1, 0.15) is 23.7 Å². The zero-order valence-electron chi connectivity index (χ0n) is 19.9. The molecule has 0 saturated carbocycles. The topological polar surface area (TPSA) is 131 Å². The highest BCUT2D eigenvalue weighted by Gasteiger charge is 2.41. The van der Waals surface area contributed by atoms with Gasteiger partial charge in [-0.2, -0.15) is 0 Å². The molecule has 1 aliphatic carbocycles. The Hall–Kier alpha value is -3.89. The number of nitrogens with one attached hydrogen (secondary N) is 1. The fourth-order valence-electron chi connectivity index (χ4n) is 4.69. The smallest absolute Gasteiger partial charge is 0.410 e. The second-order valence-electron chi connectivity index (χ2n) is 9.09. The number of hydrogen-bond acceptors (Lipinski definition) is 6. The first-order valence-electron chi connectivity index (χ1n) is 11.7. The number of hydrogen-bond donors (Lipinski definition) is 2. The van der Waals surface area contributed by atoms with Crippen molar-refractivity contribution in [1.82, 2.24) is 15.1 Å². The molecule has 1 aromatic rings. The van der Waals surface area contributed by atoms with Crippen LogP contribution in [-0.2, 0) is 36.9 Å². The van der Waals surface area contributed by atoms with Gasteiger partial charge in [-0.05, 0) is 36.1 Å². The van der Waals surface area contributed by atoms with Crippen molar-refractivity contribution in [2.24, 2.45) is 11.7 Å². The van der Waals surface area contributed by atoms with Crippen LogP contribution in [-0.4, -0.2) is 66.0 Å². The van der Waals surface area contributed by atoms with E-state index in [1.54, 1.807) is 25.3 Å². The number of rotatable bonds is 7. The van der Waals surface area contributed by atoms with Crippen LogP contribution in [0.3, 0.4) is 0 Å². The molecule has 3 N–H and O–H groups in total. The molecule has 0 radical (unpaired) electrons. The first-order valence-corrected chi connectivity index (χ1v) is 11.7. The predicted octanol–water partition coefficient (Wildman–Crippen LogP) is 1.35. The molecule has 0 spiro atoms. The largest absolute Gasteiger partial charge is 0.497 e. The van der Waals surface area contributed by atoms with Crippen molar-refractivity contribution < 1.29 is 33.0 Å². The molecule has 3 atom stereocenters. The van der Waals surface area contributed by atoms with Gasteiger partial charge < -0.3 is 25.4 Å². The first kappa shape index (κ1) is 25.2. The molecule has 1 aromatic carbocycles. The lowest BCUT2D eigenvalue weighted by molar-refractivity contribution is -0.137. The van der Waals surface area contributed by atoms with Gasteiger partial charge in [-0.3, -0.25) is 19.3 Å². The quantitative estimate of drug-likeness (QED) is 0.581. The molecule has 3 aliphatic rings. The molecular formula is C25H29FN4O6. The number of ether oxygens (including phenoxy) is 2. The summed E-state index contributed by atoms with van der Waals surface area (Å²) in [6, 6.07) is 3.71. The highest BCUT2D eigenvalue weighted by atomic mass is 19.1. The molecule has 4 rings (SSSR count). The van der Waals surface area contributed by atoms with Crippen LogP contribution >= 0.6 is 0 Å². The summed E-state index contributed by atoms with van der Waals surface area (Å²) in [7, 11) is 1.57. The monoisotopic (exact) mass is 500 g/mol. The summed E-state index contributed by atoms with van der Waals surface area (Å²) in [6.07, 6.45) is 5.07. The van der Waals surface area contributed by atoms with Gasteiger partial charge >= 0.3 is 6.09 Å². The molecule has 0 aromatic heterocycles. The van der Waals surface area contributed by atoms with Gasteiger partial charge in [0.25, 0.3) is 0 Å². The third-order valence-electron chi connectivity index (χ3n) is 6.64. The highest BCUT2D eigenvalue weighted by molar-refractivity contribution is 5.90. The molecule has 11 heteroatoms. The second kappa shape index (κ2) is 10.8. The zero-order chi connectivity index (χ0) is 25.8. The molecule has 0 bridgehead atoms. The van der Waals surface area contributed by atoms with Gasteiger partial charge in [-0.1, -0.05) is 18.2 Å². The Kier molecular flexibility index (Phi) is 7.56. The number of benzene rings is 1. The Morgan fingerprint density at radius 3 is 2.69 bits per heavy atom. The molecule has 2 aliphatic heterocycles. The number of carbonyl (C=O) groups is 4. The fraction of sp³-hybridized carbons (Fsp3) is 0.440. The molecule has 2 unspecified atom stereocenters. The molecule has 10 nitrogen and oxygen atoms in total. The summed E-state index contributed by atoms with van der Waals surface area (Å²) in [5, 5.41) is 2.59. The number of halogens is 1. The minimum atomic E-state index is -0.959. The summed E-state index contributed by atoms with van der Waals surface area (Å²) in [5.41, 5.74) is 6.64. The number of primary amides is 1. The van der Waals surface area contributed by atoms with E-state index >= 15 is 0 Å². The van der Waals surface area contributed by atoms with Crippen molar-refractivity contribution in [2.45, 2.75) is 44.5 Å². The van der Waals surface area contributed by atoms with Gasteiger partial charge in [-0.25, -0.2) is 9.18 Å². The molecule has 2 heterocycles. The van der Waals surface area contributed by atoms with Crippen LogP contribution in [0.25, 0.3) is 0 Å². The summed E-state index contributed by atoms with van der Waals surface area (Å²) >= 11 is 0. The summed E-state index contributed by atoms with van der Waals surface area (Å²) in [5.74, 6) is -1.17. The summed E-state index contributed by atoms with van der Waals surface area (Å²) < 4.78 is 24.6. The Balaban J connectivity index is 1.27. The summed E-state index contributed by atoms with van der Waals surface area (Å²) in [4.78, 5) is 52.3. The summed E-state index contributed by atoms with van der Waals surface area (Å²) in [6.45, 7) is -0.0374. The van der Waals surface area contributed by atoms with Gasteiger partial charge in [0.05, 0.1) is 26.7 Å². The second-order valence-corrected chi connectivity index (χ2v) is 9.09. The number of likely N-dealkylation sites (tertiary alicyclic amines) is 1. The average Bonchev–Trinajstić information content (AvgIpc) is 3.49. The maximum absolute atomic E-state index is 14.0. The van der Waals surface area contributed by atoms with Crippen molar-refractivity contribution in [3.63, 3.8) is 0 Å². The molecule has 4 amide bonds. The maximum atomic E-state index is 14.0. The number of fused-ring (bicyclic) bond motifs is 1. The number of amides is 4. The van der Waals surface area contributed by atoms with E-state index in [2.05, 4.69) is 5.32 Å². The van der Waals surface area contributed by atoms with E-state index in [1.165, 1.54) is 15.9 Å². The number of nitrogens with two attached hydrogens (primary N) is 1. The van der Waals surface area contributed by atoms with Crippen LogP contribution in [0.4, 0.5) is 9.18 Å². The minimum absolute atomic E-state index is 0.00171. The molecular weight excluding hydrogens is 471 g/mol. The van der Waals surface area contributed by atoms with Crippen LogP contribution < -0.4 is 11.1 Å². The van der Waals surface area contributed by atoms with E-state index in [1.807, 2.05) is 12.2 Å². The van der Waals surface area contributed by atoms with Crippen LogP contribution in [0.15, 0.2) is 42.2 Å². The Morgan fingerprint density at radius 1 is 1.22 bits per heavy atom. The Bertz CT molecular complexity index is 1120. The Labute approximate surface area is 207 Å². The Morgan fingerprint density at radius 2 is 2.03 bits per heavy atom. The van der Waals surface area contributed by atoms with E-state index < -0.39 is 30.1 Å². The van der Waals surface area contributed by atoms with Crippen molar-refractivity contribution in [3.8, 4) is 0 Å². The molecule has 192 valence electrons. The van der Waals surface area contributed by atoms with E-state index in [0.717, 1.165) is 5.76 Å². The van der Waals surface area contributed by atoms with Gasteiger partial charge in [-0.15, -0.1) is 0 Å². The van der Waals surface area contributed by atoms with E-state index in [9.17, 15) is 23.6 Å². The lowest BCUT2D eigenvalue weighted by atomic mass is 9.96. The third kappa shape index (κ3) is 5.67. The maximum Gasteiger partial charge on any atom is 0.410 e. The van der Waals surface area contributed by atoms with E-state index in [-0.39, 0.29) is 56.7 Å². The zero-order valence-corrected chi connectivity index (χ0v) is 19.9. The third-order valence-corrected chi connectivity index (χ3v) is 6.64. The number of nitrogens with zero attached hydrogens (tertiary/aromatic N) is 2. The number of allylic oxidation sites excluding steroid dienone is 3. The van der Waals surface area contributed by atoms with Gasteiger partial charge in [0.2, 0.25) is 17.7 Å². The number of carbonyl (C=O) groups excluding carboxylic acids is 4. The first-order chi connectivity index (χ1) is 17.2. The molecule has 1 fully saturated rings. The van der Waals surface area contributed by atoms with Crippen molar-refractivity contribution in [2.75, 3.05) is 20.2 Å². The lowest BCUT2D eigenvalue weighted by Gasteiger charge is -2.22.